The predicted octanol–water partition coefficient (Wildman–Crippen LogP) is 2.03. The third-order valence-corrected chi connectivity index (χ3v) is 3.55. The first-order valence-corrected chi connectivity index (χ1v) is 6.27. The van der Waals surface area contributed by atoms with Gasteiger partial charge in [0.05, 0.1) is 11.2 Å². The summed E-state index contributed by atoms with van der Waals surface area (Å²) in [4.78, 5) is 13.8. The first kappa shape index (κ1) is 13.2. The Balaban J connectivity index is 2.13. The van der Waals surface area contributed by atoms with Crippen molar-refractivity contribution < 1.29 is 15.0 Å². The van der Waals surface area contributed by atoms with Gasteiger partial charge in [0.15, 0.2) is 0 Å². The third-order valence-electron chi connectivity index (χ3n) is 3.32. The minimum Gasteiger partial charge on any atom is -0.507 e. The number of benzene rings is 1. The van der Waals surface area contributed by atoms with Crippen molar-refractivity contribution in [2.24, 2.45) is 0 Å². The summed E-state index contributed by atoms with van der Waals surface area (Å²) in [6, 6.07) is 4.45. The van der Waals surface area contributed by atoms with Gasteiger partial charge in [-0.25, -0.2) is 0 Å². The van der Waals surface area contributed by atoms with Crippen LogP contribution in [0.1, 0.15) is 30.1 Å². The van der Waals surface area contributed by atoms with Gasteiger partial charge in [0.1, 0.15) is 5.75 Å². The van der Waals surface area contributed by atoms with Gasteiger partial charge in [-0.1, -0.05) is 11.6 Å². The number of nitrogens with zero attached hydrogens (tertiary/aromatic N) is 1. The number of amides is 1. The number of phenolic OH excluding ortho intramolecular Hbond substituents is 1. The number of likely N-dealkylation sites (tertiary alicyclic amines) is 1. The summed E-state index contributed by atoms with van der Waals surface area (Å²) in [5, 5.41) is 19.9. The van der Waals surface area contributed by atoms with Crippen molar-refractivity contribution in [3.05, 3.63) is 28.8 Å². The maximum absolute atomic E-state index is 12.2. The Hall–Kier alpha value is -1.26. The highest BCUT2D eigenvalue weighted by atomic mass is 35.5. The van der Waals surface area contributed by atoms with E-state index in [0.717, 1.165) is 0 Å². The van der Waals surface area contributed by atoms with Crippen molar-refractivity contribution >= 4 is 17.5 Å². The highest BCUT2D eigenvalue weighted by Gasteiger charge is 2.30. The van der Waals surface area contributed by atoms with Gasteiger partial charge in [-0.2, -0.15) is 0 Å². The van der Waals surface area contributed by atoms with Gasteiger partial charge in [0.2, 0.25) is 0 Å². The average Bonchev–Trinajstić information content (AvgIpc) is 2.28. The summed E-state index contributed by atoms with van der Waals surface area (Å²) < 4.78 is 0. The van der Waals surface area contributed by atoms with E-state index in [4.69, 9.17) is 11.6 Å². The van der Waals surface area contributed by atoms with Gasteiger partial charge < -0.3 is 15.1 Å². The molecule has 0 unspecified atom stereocenters. The van der Waals surface area contributed by atoms with E-state index in [-0.39, 0.29) is 17.2 Å². The van der Waals surface area contributed by atoms with Crippen LogP contribution < -0.4 is 0 Å². The smallest absolute Gasteiger partial charge is 0.257 e. The number of aromatic hydroxyl groups is 1. The Kier molecular flexibility index (Phi) is 3.50. The van der Waals surface area contributed by atoms with Crippen molar-refractivity contribution in [2.45, 2.75) is 25.4 Å². The Morgan fingerprint density at radius 3 is 2.56 bits per heavy atom. The van der Waals surface area contributed by atoms with Crippen LogP contribution in [0.25, 0.3) is 0 Å². The zero-order valence-corrected chi connectivity index (χ0v) is 10.9. The summed E-state index contributed by atoms with van der Waals surface area (Å²) in [6.45, 7) is 2.76. The van der Waals surface area contributed by atoms with Crippen molar-refractivity contribution in [3.8, 4) is 5.75 Å². The summed E-state index contributed by atoms with van der Waals surface area (Å²) in [5.74, 6) is -0.329. The molecule has 0 saturated carbocycles. The standard InChI is InChI=1S/C13H16ClNO3/c1-13(18)4-6-15(7-5-13)12(17)10-3-2-9(14)8-11(10)16/h2-3,8,16,18H,4-7H2,1H3. The minimum absolute atomic E-state index is 0.107. The minimum atomic E-state index is -0.696. The van der Waals surface area contributed by atoms with Gasteiger partial charge in [-0.3, -0.25) is 4.79 Å². The van der Waals surface area contributed by atoms with Gasteiger partial charge in [0.25, 0.3) is 5.91 Å². The number of phenols is 1. The largest absolute Gasteiger partial charge is 0.507 e. The molecule has 0 bridgehead atoms. The SMILES string of the molecule is CC1(O)CCN(C(=O)c2ccc(Cl)cc2O)CC1. The molecule has 1 amide bonds. The van der Waals surface area contributed by atoms with E-state index in [9.17, 15) is 15.0 Å². The van der Waals surface area contributed by atoms with Crippen LogP contribution in [0.5, 0.6) is 5.75 Å². The number of hydrogen-bond acceptors (Lipinski definition) is 3. The molecule has 1 aliphatic rings. The van der Waals surface area contributed by atoms with E-state index in [1.807, 2.05) is 0 Å². The van der Waals surface area contributed by atoms with E-state index < -0.39 is 5.60 Å². The summed E-state index contributed by atoms with van der Waals surface area (Å²) in [6.07, 6.45) is 1.10. The number of hydrogen-bond donors (Lipinski definition) is 2. The van der Waals surface area contributed by atoms with Crippen molar-refractivity contribution in [3.63, 3.8) is 0 Å². The quantitative estimate of drug-likeness (QED) is 0.820. The number of aliphatic hydroxyl groups is 1. The van der Waals surface area contributed by atoms with Crippen LogP contribution in [0.4, 0.5) is 0 Å². The van der Waals surface area contributed by atoms with Gasteiger partial charge >= 0.3 is 0 Å². The maximum atomic E-state index is 12.2. The van der Waals surface area contributed by atoms with Crippen LogP contribution in [0, 0.1) is 0 Å². The molecule has 0 aliphatic carbocycles. The lowest BCUT2D eigenvalue weighted by Crippen LogP contribution is -2.45. The molecule has 1 aromatic carbocycles. The van der Waals surface area contributed by atoms with E-state index >= 15 is 0 Å². The molecule has 2 N–H and O–H groups in total. The number of halogens is 1. The Morgan fingerprint density at radius 1 is 1.39 bits per heavy atom. The molecular weight excluding hydrogens is 254 g/mol. The molecule has 0 spiro atoms. The first-order chi connectivity index (χ1) is 8.39. The third kappa shape index (κ3) is 2.76. The lowest BCUT2D eigenvalue weighted by Gasteiger charge is -2.35. The summed E-state index contributed by atoms with van der Waals surface area (Å²) >= 11 is 5.73. The zero-order chi connectivity index (χ0) is 13.3. The second kappa shape index (κ2) is 4.78. The summed E-state index contributed by atoms with van der Waals surface area (Å²) in [7, 11) is 0. The van der Waals surface area contributed by atoms with Crippen molar-refractivity contribution in [1.29, 1.82) is 0 Å². The number of piperidine rings is 1. The Labute approximate surface area is 111 Å². The van der Waals surface area contributed by atoms with E-state index in [2.05, 4.69) is 0 Å². The molecule has 4 nitrogen and oxygen atoms in total. The lowest BCUT2D eigenvalue weighted by molar-refractivity contribution is -0.00207. The molecule has 5 heteroatoms. The molecule has 1 fully saturated rings. The molecule has 2 rings (SSSR count). The molecule has 1 aromatic rings. The van der Waals surface area contributed by atoms with Crippen LogP contribution in [0.15, 0.2) is 18.2 Å². The predicted molar refractivity (Wildman–Crippen MR) is 68.9 cm³/mol. The Bertz CT molecular complexity index is 463. The van der Waals surface area contributed by atoms with Crippen LogP contribution in [0.2, 0.25) is 5.02 Å². The molecule has 0 aromatic heterocycles. The summed E-state index contributed by atoms with van der Waals surface area (Å²) in [5.41, 5.74) is -0.445. The van der Waals surface area contributed by atoms with Crippen LogP contribution in [-0.2, 0) is 0 Å². The zero-order valence-electron chi connectivity index (χ0n) is 10.2. The van der Waals surface area contributed by atoms with Crippen molar-refractivity contribution in [2.75, 3.05) is 13.1 Å². The maximum Gasteiger partial charge on any atom is 0.257 e. The van der Waals surface area contributed by atoms with Crippen LogP contribution in [-0.4, -0.2) is 39.7 Å². The highest BCUT2D eigenvalue weighted by Crippen LogP contribution is 2.26. The molecule has 0 radical (unpaired) electrons. The highest BCUT2D eigenvalue weighted by molar-refractivity contribution is 6.30. The number of rotatable bonds is 1. The monoisotopic (exact) mass is 269 g/mol. The second-order valence-electron chi connectivity index (χ2n) is 4.95. The van der Waals surface area contributed by atoms with Gasteiger partial charge in [-0.05, 0) is 38.0 Å². The molecular formula is C13H16ClNO3. The Morgan fingerprint density at radius 2 is 2.00 bits per heavy atom. The van der Waals surface area contributed by atoms with E-state index in [1.165, 1.54) is 12.1 Å². The fraction of sp³-hybridized carbons (Fsp3) is 0.462. The molecule has 0 atom stereocenters. The molecule has 18 heavy (non-hydrogen) atoms. The molecule has 1 saturated heterocycles. The van der Waals surface area contributed by atoms with E-state index in [0.29, 0.717) is 31.0 Å². The van der Waals surface area contributed by atoms with E-state index in [1.54, 1.807) is 17.9 Å². The first-order valence-electron chi connectivity index (χ1n) is 5.89. The fourth-order valence-corrected chi connectivity index (χ4v) is 2.21. The topological polar surface area (TPSA) is 60.8 Å². The van der Waals surface area contributed by atoms with Gasteiger partial charge in [0, 0.05) is 18.1 Å². The lowest BCUT2D eigenvalue weighted by atomic mass is 9.93. The number of carbonyl (C=O) groups is 1. The molecule has 98 valence electrons. The molecule has 1 heterocycles. The normalized spacial score (nSPS) is 18.7. The van der Waals surface area contributed by atoms with Crippen LogP contribution >= 0.6 is 11.6 Å². The number of carbonyl (C=O) groups excluding carboxylic acids is 1. The second-order valence-corrected chi connectivity index (χ2v) is 5.39. The van der Waals surface area contributed by atoms with Gasteiger partial charge in [-0.15, -0.1) is 0 Å². The fourth-order valence-electron chi connectivity index (χ4n) is 2.05. The van der Waals surface area contributed by atoms with Crippen LogP contribution in [0.3, 0.4) is 0 Å². The molecule has 1 aliphatic heterocycles. The van der Waals surface area contributed by atoms with Crippen molar-refractivity contribution in [1.82, 2.24) is 4.90 Å². The average molecular weight is 270 g/mol.